The van der Waals surface area contributed by atoms with Crippen molar-refractivity contribution in [1.29, 1.82) is 0 Å². The Bertz CT molecular complexity index is 1310. The Kier molecular flexibility index (Phi) is 6.88. The molecular formula is C28H33N7O2. The average molecular weight is 500 g/mol. The fourth-order valence-electron chi connectivity index (χ4n) is 5.29. The van der Waals surface area contributed by atoms with Crippen LogP contribution in [0.3, 0.4) is 0 Å². The number of fused-ring (bicyclic) bond motifs is 1. The van der Waals surface area contributed by atoms with Crippen LogP contribution in [0.1, 0.15) is 18.4 Å². The lowest BCUT2D eigenvalue weighted by Crippen LogP contribution is -2.49. The number of nitrogens with one attached hydrogen (secondary N) is 1. The smallest absolute Gasteiger partial charge is 0.229 e. The number of anilines is 2. The molecule has 6 rings (SSSR count). The summed E-state index contributed by atoms with van der Waals surface area (Å²) in [6.07, 6.45) is 4.84. The predicted octanol–water partition coefficient (Wildman–Crippen LogP) is 3.48. The zero-order valence-corrected chi connectivity index (χ0v) is 21.0. The van der Waals surface area contributed by atoms with Gasteiger partial charge in [-0.2, -0.15) is 9.97 Å². The van der Waals surface area contributed by atoms with E-state index in [4.69, 9.17) is 19.7 Å². The zero-order chi connectivity index (χ0) is 25.0. The van der Waals surface area contributed by atoms with Crippen molar-refractivity contribution in [3.63, 3.8) is 0 Å². The maximum Gasteiger partial charge on any atom is 0.229 e. The fraction of sp³-hybridized carbons (Fsp3) is 0.393. The van der Waals surface area contributed by atoms with Crippen molar-refractivity contribution in [2.24, 2.45) is 0 Å². The number of morpholine rings is 1. The number of hydrogen-bond acceptors (Lipinski definition) is 8. The van der Waals surface area contributed by atoms with Gasteiger partial charge in [-0.1, -0.05) is 30.3 Å². The maximum absolute atomic E-state index is 9.56. The largest absolute Gasteiger partial charge is 0.508 e. The first-order valence-corrected chi connectivity index (χ1v) is 13.1. The van der Waals surface area contributed by atoms with Crippen LogP contribution in [0.5, 0.6) is 5.75 Å². The van der Waals surface area contributed by atoms with E-state index in [0.717, 1.165) is 92.8 Å². The maximum atomic E-state index is 9.56. The van der Waals surface area contributed by atoms with Crippen LogP contribution < -0.4 is 10.2 Å². The number of rotatable bonds is 7. The van der Waals surface area contributed by atoms with E-state index in [1.165, 1.54) is 0 Å². The van der Waals surface area contributed by atoms with Crippen molar-refractivity contribution in [3.8, 4) is 11.4 Å². The molecule has 9 heteroatoms. The highest BCUT2D eigenvalue weighted by molar-refractivity contribution is 5.85. The molecule has 2 aromatic carbocycles. The molecule has 0 amide bonds. The monoisotopic (exact) mass is 499 g/mol. The second kappa shape index (κ2) is 10.7. The topological polar surface area (TPSA) is 91.6 Å². The van der Waals surface area contributed by atoms with Gasteiger partial charge in [-0.25, -0.2) is 4.98 Å². The van der Waals surface area contributed by atoms with Gasteiger partial charge in [0.2, 0.25) is 5.95 Å². The number of phenolic OH excluding ortho intramolecular Hbond substituents is 1. The highest BCUT2D eigenvalue weighted by atomic mass is 16.5. The van der Waals surface area contributed by atoms with Crippen LogP contribution in [0.25, 0.3) is 16.9 Å². The third-order valence-electron chi connectivity index (χ3n) is 7.37. The number of aromatic nitrogens is 4. The van der Waals surface area contributed by atoms with Gasteiger partial charge in [-0.05, 0) is 49.1 Å². The third-order valence-corrected chi connectivity index (χ3v) is 7.37. The van der Waals surface area contributed by atoms with Gasteiger partial charge < -0.3 is 20.1 Å². The summed E-state index contributed by atoms with van der Waals surface area (Å²) in [4.78, 5) is 19.6. The van der Waals surface area contributed by atoms with Crippen LogP contribution in [-0.2, 0) is 11.2 Å². The van der Waals surface area contributed by atoms with Crippen LogP contribution in [-0.4, -0.2) is 81.5 Å². The van der Waals surface area contributed by atoms with E-state index in [2.05, 4.69) is 27.2 Å². The molecule has 0 saturated carbocycles. The summed E-state index contributed by atoms with van der Waals surface area (Å²) in [6, 6.07) is 18.1. The summed E-state index contributed by atoms with van der Waals surface area (Å²) in [6.45, 7) is 6.29. The van der Waals surface area contributed by atoms with Gasteiger partial charge in [0.25, 0.3) is 0 Å². The summed E-state index contributed by atoms with van der Waals surface area (Å²) >= 11 is 0. The summed E-state index contributed by atoms with van der Waals surface area (Å²) in [5.41, 5.74) is 3.74. The molecule has 2 aliphatic heterocycles. The average Bonchev–Trinajstić information content (AvgIpc) is 3.39. The van der Waals surface area contributed by atoms with Crippen molar-refractivity contribution in [2.75, 3.05) is 56.2 Å². The van der Waals surface area contributed by atoms with Gasteiger partial charge in [0, 0.05) is 44.5 Å². The van der Waals surface area contributed by atoms with Gasteiger partial charge in [0.1, 0.15) is 12.1 Å². The summed E-state index contributed by atoms with van der Waals surface area (Å²) in [7, 11) is 0. The summed E-state index contributed by atoms with van der Waals surface area (Å²) < 4.78 is 7.58. The second-order valence-corrected chi connectivity index (χ2v) is 9.70. The molecule has 2 fully saturated rings. The van der Waals surface area contributed by atoms with Crippen LogP contribution in [0.15, 0.2) is 60.9 Å². The Morgan fingerprint density at radius 2 is 1.68 bits per heavy atom. The molecule has 4 aromatic rings. The summed E-state index contributed by atoms with van der Waals surface area (Å²) in [5, 5.41) is 13.1. The molecule has 9 nitrogen and oxygen atoms in total. The molecule has 2 saturated heterocycles. The third kappa shape index (κ3) is 5.23. The molecule has 2 aliphatic rings. The molecule has 0 atom stereocenters. The van der Waals surface area contributed by atoms with Gasteiger partial charge in [-0.15, -0.1) is 0 Å². The van der Waals surface area contributed by atoms with E-state index in [1.807, 2.05) is 41.2 Å². The molecule has 4 heterocycles. The Morgan fingerprint density at radius 1 is 0.919 bits per heavy atom. The van der Waals surface area contributed by atoms with E-state index in [9.17, 15) is 5.11 Å². The molecule has 0 spiro atoms. The first-order valence-electron chi connectivity index (χ1n) is 13.1. The highest BCUT2D eigenvalue weighted by Crippen LogP contribution is 2.27. The van der Waals surface area contributed by atoms with Gasteiger partial charge in [0.05, 0.1) is 13.2 Å². The molecule has 0 bridgehead atoms. The molecule has 0 aliphatic carbocycles. The number of nitrogens with zero attached hydrogens (tertiary/aromatic N) is 6. The lowest BCUT2D eigenvalue weighted by atomic mass is 10.0. The van der Waals surface area contributed by atoms with Gasteiger partial charge in [-0.3, -0.25) is 9.47 Å². The Morgan fingerprint density at radius 3 is 2.43 bits per heavy atom. The lowest BCUT2D eigenvalue weighted by Gasteiger charge is -2.40. The van der Waals surface area contributed by atoms with Crippen molar-refractivity contribution in [2.45, 2.75) is 25.3 Å². The first-order chi connectivity index (χ1) is 18.2. The van der Waals surface area contributed by atoms with Crippen molar-refractivity contribution < 1.29 is 9.84 Å². The Labute approximate surface area is 216 Å². The number of aromatic hydroxyl groups is 1. The number of imidazole rings is 1. The summed E-state index contributed by atoms with van der Waals surface area (Å²) in [5.74, 6) is 1.78. The van der Waals surface area contributed by atoms with E-state index in [1.54, 1.807) is 12.1 Å². The molecular weight excluding hydrogens is 466 g/mol. The minimum Gasteiger partial charge on any atom is -0.508 e. The quantitative estimate of drug-likeness (QED) is 0.399. The number of phenols is 1. The molecule has 2 N–H and O–H groups in total. The molecule has 0 unspecified atom stereocenters. The van der Waals surface area contributed by atoms with Gasteiger partial charge >= 0.3 is 0 Å². The Hall–Kier alpha value is -3.69. The zero-order valence-electron chi connectivity index (χ0n) is 21.0. The van der Waals surface area contributed by atoms with Crippen LogP contribution in [0, 0.1) is 0 Å². The van der Waals surface area contributed by atoms with Crippen molar-refractivity contribution in [1.82, 2.24) is 24.4 Å². The Balaban J connectivity index is 1.25. The number of benzene rings is 2. The van der Waals surface area contributed by atoms with Gasteiger partial charge in [0.15, 0.2) is 17.0 Å². The molecule has 2 aromatic heterocycles. The van der Waals surface area contributed by atoms with E-state index >= 15 is 0 Å². The normalized spacial score (nSPS) is 17.4. The predicted molar refractivity (Wildman–Crippen MR) is 145 cm³/mol. The first kappa shape index (κ1) is 23.7. The van der Waals surface area contributed by atoms with Crippen LogP contribution >= 0.6 is 0 Å². The molecule has 37 heavy (non-hydrogen) atoms. The minimum atomic E-state index is 0.280. The highest BCUT2D eigenvalue weighted by Gasteiger charge is 2.28. The number of hydrogen-bond donors (Lipinski definition) is 2. The van der Waals surface area contributed by atoms with Crippen LogP contribution in [0.2, 0.25) is 0 Å². The number of para-hydroxylation sites is 1. The second-order valence-electron chi connectivity index (χ2n) is 9.70. The van der Waals surface area contributed by atoms with E-state index < -0.39 is 0 Å². The fourth-order valence-corrected chi connectivity index (χ4v) is 5.29. The van der Waals surface area contributed by atoms with Crippen LogP contribution in [0.4, 0.5) is 11.8 Å². The number of piperidine rings is 1. The van der Waals surface area contributed by atoms with Crippen molar-refractivity contribution in [3.05, 3.63) is 66.5 Å². The standard InChI is InChI=1S/C28H33N7O2/c36-24-8-6-21(7-9-24)10-13-29-26-25-27(35(20-30-25)23-4-2-1-3-5-23)32-28(31-26)34-14-11-22(12-15-34)33-16-18-37-19-17-33/h1-9,20,22,36H,10-19H2,(H,29,31,32). The number of ether oxygens (including phenoxy) is 1. The van der Waals surface area contributed by atoms with E-state index in [-0.39, 0.29) is 5.75 Å². The van der Waals surface area contributed by atoms with E-state index in [0.29, 0.717) is 12.6 Å². The minimum absolute atomic E-state index is 0.280. The SMILES string of the molecule is Oc1ccc(CCNc2nc(N3CCC(N4CCOCC4)CC3)nc3c2ncn3-c2ccccc2)cc1. The molecule has 0 radical (unpaired) electrons. The lowest BCUT2D eigenvalue weighted by molar-refractivity contribution is 0.0114. The molecule has 192 valence electrons. The van der Waals surface area contributed by atoms with Crippen molar-refractivity contribution >= 4 is 22.9 Å².